The van der Waals surface area contributed by atoms with Crippen LogP contribution >= 0.6 is 12.6 Å². The van der Waals surface area contributed by atoms with Crippen molar-refractivity contribution in [1.82, 2.24) is 26.2 Å². The van der Waals surface area contributed by atoms with E-state index in [0.29, 0.717) is 6.42 Å². The third-order valence-electron chi connectivity index (χ3n) is 5.99. The number of aliphatic hydroxyl groups excluding tert-OH is 2. The van der Waals surface area contributed by atoms with Gasteiger partial charge < -0.3 is 53.0 Å². The molecule has 6 amide bonds. The Morgan fingerprint density at radius 1 is 0.900 bits per heavy atom. The van der Waals surface area contributed by atoms with Crippen molar-refractivity contribution in [2.45, 2.75) is 75.5 Å². The Hall–Kier alpha value is -3.48. The second-order valence-corrected chi connectivity index (χ2v) is 9.59. The molecule has 18 heteroatoms. The van der Waals surface area contributed by atoms with E-state index < -0.39 is 96.8 Å². The van der Waals surface area contributed by atoms with Gasteiger partial charge in [-0.25, -0.2) is 4.79 Å². The summed E-state index contributed by atoms with van der Waals surface area (Å²) in [5.41, 5.74) is 10.4. The molecule has 1 aliphatic rings. The number of primary amides is 1. The average Bonchev–Trinajstić information content (AvgIpc) is 3.37. The maximum absolute atomic E-state index is 13.0. The fourth-order valence-electron chi connectivity index (χ4n) is 3.88. The molecule has 1 saturated heterocycles. The molecular weight excluding hydrogens is 554 g/mol. The molecule has 1 aliphatic heterocycles. The molecular formula is C22H37N7O10S. The van der Waals surface area contributed by atoms with Crippen LogP contribution in [0.3, 0.4) is 0 Å². The first-order valence-electron chi connectivity index (χ1n) is 12.3. The van der Waals surface area contributed by atoms with Crippen LogP contribution in [0.2, 0.25) is 0 Å². The fourth-order valence-corrected chi connectivity index (χ4v) is 4.14. The Labute approximate surface area is 235 Å². The smallest absolute Gasteiger partial charge is 0.326 e. The first kappa shape index (κ1) is 34.5. The number of aliphatic hydroxyl groups is 2. The molecule has 0 aromatic rings. The van der Waals surface area contributed by atoms with Gasteiger partial charge in [-0.15, -0.1) is 0 Å². The first-order chi connectivity index (χ1) is 18.6. The lowest BCUT2D eigenvalue weighted by Crippen LogP contribution is -2.62. The zero-order chi connectivity index (χ0) is 30.7. The van der Waals surface area contributed by atoms with Crippen molar-refractivity contribution >= 4 is 54.0 Å². The summed E-state index contributed by atoms with van der Waals surface area (Å²) < 4.78 is 0. The van der Waals surface area contributed by atoms with Crippen LogP contribution in [0.25, 0.3) is 0 Å². The summed E-state index contributed by atoms with van der Waals surface area (Å²) in [5, 5.41) is 38.3. The molecule has 7 atom stereocenters. The Bertz CT molecular complexity index is 980. The maximum Gasteiger partial charge on any atom is 0.326 e. The molecule has 17 nitrogen and oxygen atoms in total. The van der Waals surface area contributed by atoms with Crippen LogP contribution in [-0.2, 0) is 33.6 Å². The number of carboxylic acid groups (broad SMARTS) is 1. The monoisotopic (exact) mass is 591 g/mol. The number of thiol groups is 1. The lowest BCUT2D eigenvalue weighted by atomic mass is 10.1. The van der Waals surface area contributed by atoms with Crippen molar-refractivity contribution in [2.24, 2.45) is 11.5 Å². The number of nitrogens with two attached hydrogens (primary N) is 2. The number of rotatable bonds is 15. The number of nitrogens with zero attached hydrogens (tertiary/aromatic N) is 1. The van der Waals surface area contributed by atoms with E-state index in [-0.39, 0.29) is 18.7 Å². The molecule has 0 bridgehead atoms. The van der Waals surface area contributed by atoms with Crippen LogP contribution in [0.1, 0.15) is 33.1 Å². The van der Waals surface area contributed by atoms with Crippen LogP contribution < -0.4 is 32.7 Å². The van der Waals surface area contributed by atoms with Crippen molar-refractivity contribution < 1.29 is 48.9 Å². The lowest BCUT2D eigenvalue weighted by Gasteiger charge is -2.30. The van der Waals surface area contributed by atoms with Crippen molar-refractivity contribution in [2.75, 3.05) is 18.8 Å². The molecule has 0 aromatic heterocycles. The van der Waals surface area contributed by atoms with Gasteiger partial charge in [0.2, 0.25) is 35.4 Å². The molecule has 226 valence electrons. The Morgan fingerprint density at radius 2 is 1.45 bits per heavy atom. The lowest BCUT2D eigenvalue weighted by molar-refractivity contribution is -0.151. The summed E-state index contributed by atoms with van der Waals surface area (Å²) >= 11 is 4.00. The van der Waals surface area contributed by atoms with Gasteiger partial charge in [0.25, 0.3) is 0 Å². The molecule has 0 saturated carbocycles. The Morgan fingerprint density at radius 3 is 1.93 bits per heavy atom. The van der Waals surface area contributed by atoms with Gasteiger partial charge in [-0.2, -0.15) is 12.6 Å². The number of amides is 6. The van der Waals surface area contributed by atoms with Crippen LogP contribution in [0.4, 0.5) is 0 Å². The highest BCUT2D eigenvalue weighted by molar-refractivity contribution is 7.80. The molecule has 0 aromatic carbocycles. The predicted octanol–water partition coefficient (Wildman–Crippen LogP) is -5.47. The minimum absolute atomic E-state index is 0.0822. The van der Waals surface area contributed by atoms with E-state index in [1.165, 1.54) is 13.8 Å². The van der Waals surface area contributed by atoms with Crippen molar-refractivity contribution in [1.29, 1.82) is 0 Å². The number of nitrogens with one attached hydrogen (secondary N) is 4. The van der Waals surface area contributed by atoms with Gasteiger partial charge in [-0.1, -0.05) is 0 Å². The third kappa shape index (κ3) is 9.92. The van der Waals surface area contributed by atoms with Crippen molar-refractivity contribution in [3.05, 3.63) is 0 Å². The summed E-state index contributed by atoms with van der Waals surface area (Å²) in [7, 11) is 0. The molecule has 1 rings (SSSR count). The number of hydrogen-bond acceptors (Lipinski definition) is 11. The quantitative estimate of drug-likeness (QED) is 0.0802. The standard InChI is InChI=1S/C22H37N7O10S/c1-9(30)16(27-15(33)7-23)20(36)26-12(8-40)19(35)25-11(6-14(24)32)18(34)28-17(10(2)31)21(37)29-5-3-4-13(29)22(38)39/h9-13,16-17,30-31,40H,3-8,23H2,1-2H3,(H2,24,32)(H,25,35)(H,26,36)(H,27,33)(H,28,34)(H,38,39)/t9-,10-,11+,12+,13+,16+,17+/m1/s1. The van der Waals surface area contributed by atoms with Gasteiger partial charge in [0.15, 0.2) is 0 Å². The summed E-state index contributed by atoms with van der Waals surface area (Å²) in [6.07, 6.45) is -3.02. The molecule has 0 unspecified atom stereocenters. The highest BCUT2D eigenvalue weighted by Crippen LogP contribution is 2.19. The van der Waals surface area contributed by atoms with E-state index in [1.807, 2.05) is 0 Å². The SMILES string of the molecule is C[C@@H](O)[C@H](NC(=O)CN)C(=O)N[C@@H](CS)C(=O)N[C@@H](CC(N)=O)C(=O)N[C@H](C(=O)N1CCC[C@H]1C(=O)O)[C@@H](C)O. The first-order valence-corrected chi connectivity index (χ1v) is 13.0. The second kappa shape index (κ2) is 15.9. The maximum atomic E-state index is 13.0. The van der Waals surface area contributed by atoms with Crippen molar-refractivity contribution in [3.8, 4) is 0 Å². The average molecular weight is 592 g/mol. The van der Waals surface area contributed by atoms with Crippen molar-refractivity contribution in [3.63, 3.8) is 0 Å². The van der Waals surface area contributed by atoms with Crippen LogP contribution in [0.5, 0.6) is 0 Å². The number of aliphatic carboxylic acids is 1. The van der Waals surface area contributed by atoms with Gasteiger partial charge >= 0.3 is 5.97 Å². The summed E-state index contributed by atoms with van der Waals surface area (Å²) in [4.78, 5) is 87.2. The van der Waals surface area contributed by atoms with E-state index in [2.05, 4.69) is 33.9 Å². The minimum Gasteiger partial charge on any atom is -0.480 e. The topological polar surface area (TPSA) is 284 Å². The Kier molecular flexibility index (Phi) is 13.8. The molecule has 11 N–H and O–H groups in total. The normalized spacial score (nSPS) is 19.2. The number of carbonyl (C=O) groups is 7. The van der Waals surface area contributed by atoms with Gasteiger partial charge in [-0.3, -0.25) is 28.8 Å². The summed E-state index contributed by atoms with van der Waals surface area (Å²) in [5.74, 6) is -7.29. The van der Waals surface area contributed by atoms with Crippen LogP contribution in [-0.4, -0.2) is 123 Å². The van der Waals surface area contributed by atoms with E-state index in [1.54, 1.807) is 0 Å². The molecule has 0 spiro atoms. The van der Waals surface area contributed by atoms with E-state index in [4.69, 9.17) is 11.5 Å². The van der Waals surface area contributed by atoms with Crippen LogP contribution in [0, 0.1) is 0 Å². The molecule has 1 heterocycles. The summed E-state index contributed by atoms with van der Waals surface area (Å²) in [6.45, 7) is 2.01. The molecule has 1 fully saturated rings. The fraction of sp³-hybridized carbons (Fsp3) is 0.682. The second-order valence-electron chi connectivity index (χ2n) is 9.22. The number of hydrogen-bond donors (Lipinski definition) is 10. The number of likely N-dealkylation sites (tertiary alicyclic amines) is 1. The van der Waals surface area contributed by atoms with Crippen LogP contribution in [0.15, 0.2) is 0 Å². The molecule has 40 heavy (non-hydrogen) atoms. The molecule has 0 radical (unpaired) electrons. The summed E-state index contributed by atoms with van der Waals surface area (Å²) in [6, 6.07) is -7.33. The Balaban J connectivity index is 3.05. The largest absolute Gasteiger partial charge is 0.480 e. The highest BCUT2D eigenvalue weighted by atomic mass is 32.1. The predicted molar refractivity (Wildman–Crippen MR) is 140 cm³/mol. The minimum atomic E-state index is -1.67. The molecule has 0 aliphatic carbocycles. The highest BCUT2D eigenvalue weighted by Gasteiger charge is 2.40. The van der Waals surface area contributed by atoms with E-state index in [9.17, 15) is 48.9 Å². The van der Waals surface area contributed by atoms with E-state index >= 15 is 0 Å². The zero-order valence-electron chi connectivity index (χ0n) is 22.0. The third-order valence-corrected chi connectivity index (χ3v) is 6.35. The van der Waals surface area contributed by atoms with E-state index in [0.717, 1.165) is 4.90 Å². The van der Waals surface area contributed by atoms with Gasteiger partial charge in [-0.05, 0) is 26.7 Å². The van der Waals surface area contributed by atoms with Gasteiger partial charge in [0.05, 0.1) is 25.2 Å². The van der Waals surface area contributed by atoms with Gasteiger partial charge in [0, 0.05) is 12.3 Å². The number of carbonyl (C=O) groups excluding carboxylic acids is 6. The number of carboxylic acids is 1. The van der Waals surface area contributed by atoms with Gasteiger partial charge in [0.1, 0.15) is 30.2 Å². The zero-order valence-corrected chi connectivity index (χ0v) is 22.9.